The lowest BCUT2D eigenvalue weighted by Gasteiger charge is -2.13. The van der Waals surface area contributed by atoms with Crippen molar-refractivity contribution in [2.75, 3.05) is 5.73 Å². The van der Waals surface area contributed by atoms with Gasteiger partial charge in [-0.05, 0) is 35.4 Å². The molecule has 20 heavy (non-hydrogen) atoms. The molecule has 102 valence electrons. The topological polar surface area (TPSA) is 54.7 Å². The molecule has 3 N–H and O–H groups in total. The number of H-pyrrole nitrogens is 1. The minimum Gasteiger partial charge on any atom is -0.399 e. The summed E-state index contributed by atoms with van der Waals surface area (Å²) in [5.41, 5.74) is 11.0. The molecular weight excluding hydrogens is 246 g/mol. The Kier molecular flexibility index (Phi) is 2.78. The minimum absolute atomic E-state index is 0.0282. The van der Waals surface area contributed by atoms with Crippen molar-refractivity contribution in [3.63, 3.8) is 0 Å². The number of hydrogen-bond donors (Lipinski definition) is 2. The van der Waals surface area contributed by atoms with Crippen LogP contribution in [0.4, 0.5) is 5.69 Å². The van der Waals surface area contributed by atoms with Crippen molar-refractivity contribution in [3.05, 3.63) is 48.3 Å². The fraction of sp³-hybridized carbons (Fsp3) is 0.235. The second-order valence-corrected chi connectivity index (χ2v) is 6.19. The van der Waals surface area contributed by atoms with Crippen LogP contribution in [0.5, 0.6) is 0 Å². The first-order valence-corrected chi connectivity index (χ1v) is 6.80. The molecule has 2 aromatic carbocycles. The minimum atomic E-state index is 0.0282. The van der Waals surface area contributed by atoms with Gasteiger partial charge in [0.2, 0.25) is 0 Å². The van der Waals surface area contributed by atoms with Gasteiger partial charge in [0.25, 0.3) is 0 Å². The molecule has 0 bridgehead atoms. The predicted octanol–water partition coefficient (Wildman–Crippen LogP) is 4.11. The van der Waals surface area contributed by atoms with Gasteiger partial charge in [-0.2, -0.15) is 0 Å². The normalized spacial score (nSPS) is 11.9. The average Bonchev–Trinajstić information content (AvgIpc) is 2.82. The lowest BCUT2D eigenvalue weighted by Crippen LogP contribution is -2.12. The third kappa shape index (κ3) is 2.27. The van der Waals surface area contributed by atoms with E-state index in [1.165, 1.54) is 5.56 Å². The van der Waals surface area contributed by atoms with E-state index in [0.717, 1.165) is 28.1 Å². The van der Waals surface area contributed by atoms with E-state index in [1.54, 1.807) is 0 Å². The Hall–Kier alpha value is -2.29. The molecule has 3 rings (SSSR count). The first-order chi connectivity index (χ1) is 9.43. The Balaban J connectivity index is 2.08. The van der Waals surface area contributed by atoms with Gasteiger partial charge in [0.05, 0.1) is 11.0 Å². The number of nitrogens with zero attached hydrogens (tertiary/aromatic N) is 1. The molecular formula is C17H19N3. The summed E-state index contributed by atoms with van der Waals surface area (Å²) in [6.45, 7) is 6.47. The number of anilines is 1. The van der Waals surface area contributed by atoms with Gasteiger partial charge in [-0.3, -0.25) is 0 Å². The van der Waals surface area contributed by atoms with Crippen molar-refractivity contribution < 1.29 is 0 Å². The lowest BCUT2D eigenvalue weighted by atomic mass is 9.96. The Morgan fingerprint density at radius 1 is 0.950 bits per heavy atom. The third-order valence-corrected chi connectivity index (χ3v) is 3.44. The predicted molar refractivity (Wildman–Crippen MR) is 84.6 cm³/mol. The zero-order valence-electron chi connectivity index (χ0n) is 12.1. The fourth-order valence-corrected chi connectivity index (χ4v) is 2.22. The van der Waals surface area contributed by atoms with E-state index in [4.69, 9.17) is 5.73 Å². The molecule has 0 unspecified atom stereocenters. The van der Waals surface area contributed by atoms with Crippen molar-refractivity contribution >= 4 is 16.7 Å². The molecule has 3 nitrogen and oxygen atoms in total. The molecule has 0 aliphatic rings. The first kappa shape index (κ1) is 12.7. The Bertz CT molecular complexity index is 746. The number of hydrogen-bond acceptors (Lipinski definition) is 2. The second kappa shape index (κ2) is 4.37. The van der Waals surface area contributed by atoms with Crippen LogP contribution in [0.1, 0.15) is 26.6 Å². The van der Waals surface area contributed by atoms with E-state index in [9.17, 15) is 0 Å². The quantitative estimate of drug-likeness (QED) is 0.650. The maximum Gasteiger partial charge on any atom is 0.112 e. The maximum atomic E-state index is 5.73. The fourth-order valence-electron chi connectivity index (χ4n) is 2.22. The van der Waals surface area contributed by atoms with Crippen molar-refractivity contribution in [2.24, 2.45) is 0 Å². The van der Waals surface area contributed by atoms with Crippen LogP contribution < -0.4 is 5.73 Å². The molecule has 0 radical (unpaired) electrons. The Morgan fingerprint density at radius 2 is 1.60 bits per heavy atom. The number of benzene rings is 2. The number of aromatic nitrogens is 2. The van der Waals surface area contributed by atoms with Gasteiger partial charge in [0.1, 0.15) is 5.82 Å². The summed E-state index contributed by atoms with van der Waals surface area (Å²) in [7, 11) is 0. The smallest absolute Gasteiger partial charge is 0.112 e. The van der Waals surface area contributed by atoms with Crippen LogP contribution >= 0.6 is 0 Å². The average molecular weight is 265 g/mol. The van der Waals surface area contributed by atoms with Crippen LogP contribution in [-0.2, 0) is 5.41 Å². The standard InChI is InChI=1S/C17H19N3/c1-17(2,3)16-19-14-9-6-12(10-15(14)20-16)11-4-7-13(18)8-5-11/h4-10H,18H2,1-3H3,(H,19,20). The summed E-state index contributed by atoms with van der Waals surface area (Å²) >= 11 is 0. The van der Waals surface area contributed by atoms with Gasteiger partial charge in [-0.25, -0.2) is 4.98 Å². The number of nitrogens with two attached hydrogens (primary N) is 1. The first-order valence-electron chi connectivity index (χ1n) is 6.80. The summed E-state index contributed by atoms with van der Waals surface area (Å²) in [5.74, 6) is 1.02. The molecule has 1 heterocycles. The van der Waals surface area contributed by atoms with E-state index in [-0.39, 0.29) is 5.41 Å². The molecule has 1 aromatic heterocycles. The highest BCUT2D eigenvalue weighted by Crippen LogP contribution is 2.27. The van der Waals surface area contributed by atoms with Crippen LogP contribution in [0.15, 0.2) is 42.5 Å². The molecule has 0 fully saturated rings. The van der Waals surface area contributed by atoms with E-state index in [2.05, 4.69) is 48.9 Å². The number of aromatic amines is 1. The SMILES string of the molecule is CC(C)(C)c1nc2ccc(-c3ccc(N)cc3)cc2[nH]1. The highest BCUT2D eigenvalue weighted by Gasteiger charge is 2.18. The van der Waals surface area contributed by atoms with Crippen LogP contribution in [0, 0.1) is 0 Å². The van der Waals surface area contributed by atoms with Gasteiger partial charge in [-0.1, -0.05) is 39.0 Å². The number of imidazole rings is 1. The van der Waals surface area contributed by atoms with Crippen LogP contribution in [0.2, 0.25) is 0 Å². The Labute approximate surface area is 118 Å². The number of fused-ring (bicyclic) bond motifs is 1. The number of rotatable bonds is 1. The van der Waals surface area contributed by atoms with Crippen molar-refractivity contribution in [1.29, 1.82) is 0 Å². The van der Waals surface area contributed by atoms with E-state index < -0.39 is 0 Å². The zero-order valence-corrected chi connectivity index (χ0v) is 12.1. The molecule has 0 saturated carbocycles. The maximum absolute atomic E-state index is 5.73. The molecule has 0 spiro atoms. The largest absolute Gasteiger partial charge is 0.399 e. The molecule has 0 aliphatic heterocycles. The molecule has 0 aliphatic carbocycles. The lowest BCUT2D eigenvalue weighted by molar-refractivity contribution is 0.554. The van der Waals surface area contributed by atoms with Crippen molar-refractivity contribution in [2.45, 2.75) is 26.2 Å². The monoisotopic (exact) mass is 265 g/mol. The molecule has 3 heteroatoms. The summed E-state index contributed by atoms with van der Waals surface area (Å²) in [5, 5.41) is 0. The van der Waals surface area contributed by atoms with Crippen molar-refractivity contribution in [1.82, 2.24) is 9.97 Å². The molecule has 0 amide bonds. The molecule has 3 aromatic rings. The van der Waals surface area contributed by atoms with E-state index >= 15 is 0 Å². The summed E-state index contributed by atoms with van der Waals surface area (Å²) in [6.07, 6.45) is 0. The van der Waals surface area contributed by atoms with Gasteiger partial charge in [-0.15, -0.1) is 0 Å². The molecule has 0 atom stereocenters. The number of nitrogen functional groups attached to an aromatic ring is 1. The van der Waals surface area contributed by atoms with Crippen LogP contribution in [0.25, 0.3) is 22.2 Å². The van der Waals surface area contributed by atoms with Crippen molar-refractivity contribution in [3.8, 4) is 11.1 Å². The Morgan fingerprint density at radius 3 is 2.25 bits per heavy atom. The van der Waals surface area contributed by atoms with Gasteiger partial charge in [0.15, 0.2) is 0 Å². The summed E-state index contributed by atoms with van der Waals surface area (Å²) < 4.78 is 0. The zero-order chi connectivity index (χ0) is 14.3. The molecule has 0 saturated heterocycles. The number of nitrogens with one attached hydrogen (secondary N) is 1. The van der Waals surface area contributed by atoms with E-state index in [1.807, 2.05) is 24.3 Å². The second-order valence-electron chi connectivity index (χ2n) is 6.19. The summed E-state index contributed by atoms with van der Waals surface area (Å²) in [4.78, 5) is 8.08. The van der Waals surface area contributed by atoms with Crippen LogP contribution in [0.3, 0.4) is 0 Å². The highest BCUT2D eigenvalue weighted by atomic mass is 14.9. The van der Waals surface area contributed by atoms with Gasteiger partial charge < -0.3 is 10.7 Å². The van der Waals surface area contributed by atoms with Gasteiger partial charge >= 0.3 is 0 Å². The van der Waals surface area contributed by atoms with E-state index in [0.29, 0.717) is 0 Å². The van der Waals surface area contributed by atoms with Crippen LogP contribution in [-0.4, -0.2) is 9.97 Å². The van der Waals surface area contributed by atoms with Gasteiger partial charge in [0, 0.05) is 11.1 Å². The highest BCUT2D eigenvalue weighted by molar-refractivity contribution is 5.82. The third-order valence-electron chi connectivity index (χ3n) is 3.44. The summed E-state index contributed by atoms with van der Waals surface area (Å²) in [6, 6.07) is 14.2.